The van der Waals surface area contributed by atoms with Crippen LogP contribution in [-0.2, 0) is 28.8 Å². The second kappa shape index (κ2) is 510. The molecule has 0 aromatic heterocycles. The molecule has 0 spiro atoms. The van der Waals surface area contributed by atoms with Gasteiger partial charge in [-0.15, -0.1) is 0 Å². The SMILES string of the molecule is C=CC(=O)O.C=CC(=O)O.C=CC(=O)O.C=CC(=O)O.C=CC(=O)O.C=CC(=O)O.[Na+].[Na+].[Na+].[Na+].[Na+].[Na+].[Na+].[Na+].[Na+].[Na+].[Na+].[Na+].[Na+].[Na+].[Na+].[Na+].[Na+].[Na+].[Na+].[Na+].[Na+].[Na+].[Na+].[Na+].[Na+].[Na+].[Na+].[Na+].[Na+].[Na+].[Na+].[Na+].[Na+].[Na+].[Na+].[Na+].[Na+].[Na+].[Na+].[Na+].[Na+].[Na+].[Na+].[Na+].[Na+].[Na+].[Na+].[Na+].[Na+].[Na+].[Na+].[Na+].[Na+].[Na+].[Na+].[Na+].[Na+].[Na+].[Na+].[Na+].[Na+].[Na+].[Na+].[Na+].[Na+]. The number of carboxylic acids is 6. The van der Waals surface area contributed by atoms with Crippen LogP contribution in [0.1, 0.15) is 0 Å². The molecule has 0 aliphatic rings. The van der Waals surface area contributed by atoms with Crippen molar-refractivity contribution in [1.82, 2.24) is 0 Å². The Morgan fingerprint density at radius 1 is 0.116 bits per heavy atom. The summed E-state index contributed by atoms with van der Waals surface area (Å²) in [5.74, 6) is -5.89. The van der Waals surface area contributed by atoms with Crippen molar-refractivity contribution < 1.29 is 1980 Å². The molecule has 77 heteroatoms. The minimum Gasteiger partial charge on any atom is -0.478 e. The Hall–Kier alpha value is 60.3. The predicted octanol–water partition coefficient (Wildman–Crippen LogP) is -193. The third-order valence-corrected chi connectivity index (χ3v) is 1.05. The number of rotatable bonds is 6. The molecule has 168 valence electrons. The molecule has 0 bridgehead atoms. The number of hydrogen-bond donors (Lipinski definition) is 6. The number of carbonyl (C=O) groups is 6. The molecule has 0 saturated carbocycles. The van der Waals surface area contributed by atoms with E-state index in [2.05, 4.69) is 39.5 Å². The van der Waals surface area contributed by atoms with E-state index in [0.29, 0.717) is 0 Å². The van der Waals surface area contributed by atoms with Gasteiger partial charge in [0.25, 0.3) is 0 Å². The van der Waals surface area contributed by atoms with Crippen LogP contribution in [0.5, 0.6) is 0 Å². The largest absolute Gasteiger partial charge is 1.00 e. The molecule has 12 nitrogen and oxygen atoms in total. The van der Waals surface area contributed by atoms with Crippen molar-refractivity contribution in [2.75, 3.05) is 0 Å². The Labute approximate surface area is 2020 Å². The fraction of sp³-hybridized carbons (Fsp3) is 0. The van der Waals surface area contributed by atoms with Gasteiger partial charge in [-0.3, -0.25) is 0 Å². The van der Waals surface area contributed by atoms with E-state index in [1.807, 2.05) is 0 Å². The molecule has 6 N–H and O–H groups in total. The van der Waals surface area contributed by atoms with Gasteiger partial charge in [0.2, 0.25) is 0 Å². The maximum atomic E-state index is 9.25. The van der Waals surface area contributed by atoms with E-state index in [0.717, 1.165) is 36.5 Å². The molecule has 0 aromatic carbocycles. The number of hydrogen-bond acceptors (Lipinski definition) is 6. The molecule has 0 heterocycles. The molecule has 95 heavy (non-hydrogen) atoms. The van der Waals surface area contributed by atoms with Crippen molar-refractivity contribution in [3.8, 4) is 0 Å². The topological polar surface area (TPSA) is 224 Å². The summed E-state index contributed by atoms with van der Waals surface area (Å²) >= 11 is 0. The van der Waals surface area contributed by atoms with Gasteiger partial charge in [-0.1, -0.05) is 39.5 Å². The molecular formula is C18H24Na65O12+65. The second-order valence-electron chi connectivity index (χ2n) is 3.25. The number of carboxylic acid groups (broad SMARTS) is 6. The van der Waals surface area contributed by atoms with Gasteiger partial charge in [0.15, 0.2) is 0 Å². The molecule has 0 aliphatic carbocycles. The molecule has 0 radical (unpaired) electrons. The minimum absolute atomic E-state index is 0. The first kappa shape index (κ1) is 520. The van der Waals surface area contributed by atoms with Crippen LogP contribution in [0.2, 0.25) is 0 Å². The van der Waals surface area contributed by atoms with E-state index in [1.165, 1.54) is 0 Å². The van der Waals surface area contributed by atoms with Gasteiger partial charge in [0.05, 0.1) is 0 Å². The summed E-state index contributed by atoms with van der Waals surface area (Å²) in [4.78, 5) is 55.5. The van der Waals surface area contributed by atoms with Crippen molar-refractivity contribution in [3.05, 3.63) is 75.9 Å². The average Bonchev–Trinajstić information content (AvgIpc) is 2.69. The zero-order valence-electron chi connectivity index (χ0n) is 80.8. The van der Waals surface area contributed by atoms with Crippen molar-refractivity contribution in [1.29, 1.82) is 0 Å². The predicted molar refractivity (Wildman–Crippen MR) is 107 cm³/mol. The van der Waals surface area contributed by atoms with Crippen LogP contribution in [-0.4, -0.2) is 66.5 Å². The molecule has 0 aliphatic heterocycles. The van der Waals surface area contributed by atoms with Gasteiger partial charge in [-0.2, -0.15) is 0 Å². The first-order valence-electron chi connectivity index (χ1n) is 6.75. The monoisotopic (exact) mass is 1930 g/mol. The first-order chi connectivity index (χ1) is 13.6. The van der Waals surface area contributed by atoms with Crippen LogP contribution in [0, 0.1) is 0 Å². The van der Waals surface area contributed by atoms with E-state index >= 15 is 0 Å². The molecular weight excluding hydrogens is 1900 g/mol. The molecule has 0 atom stereocenters. The fourth-order valence-corrected chi connectivity index (χ4v) is 0. The van der Waals surface area contributed by atoms with Crippen LogP contribution in [0.3, 0.4) is 0 Å². The van der Waals surface area contributed by atoms with Crippen molar-refractivity contribution in [2.45, 2.75) is 0 Å². The molecule has 0 fully saturated rings. The summed E-state index contributed by atoms with van der Waals surface area (Å²) in [5.41, 5.74) is 0. The zero-order chi connectivity index (χ0) is 25.7. The Morgan fingerprint density at radius 2 is 0.126 bits per heavy atom. The Morgan fingerprint density at radius 3 is 0.126 bits per heavy atom. The molecule has 0 saturated heterocycles. The Kier molecular flexibility index (Phi) is 2800. The van der Waals surface area contributed by atoms with Gasteiger partial charge in [0, 0.05) is 36.5 Å². The maximum Gasteiger partial charge on any atom is 1.00 e. The van der Waals surface area contributed by atoms with Crippen LogP contribution in [0.15, 0.2) is 75.9 Å². The third kappa shape index (κ3) is 685. The fourth-order valence-electron chi connectivity index (χ4n) is 0. The average molecular weight is 1930 g/mol. The van der Waals surface area contributed by atoms with E-state index in [4.69, 9.17) is 30.6 Å². The summed E-state index contributed by atoms with van der Waals surface area (Å²) in [5, 5.41) is 45.6. The van der Waals surface area contributed by atoms with Gasteiger partial charge < -0.3 is 30.6 Å². The van der Waals surface area contributed by atoms with Crippen molar-refractivity contribution in [3.63, 3.8) is 0 Å². The standard InChI is InChI=1S/6C3H4O2.65Na/c6*1-2-3(4)5;;;;;;;;;;;;;;;;;;;;;;;;;;;;;;;;;;;;;;;;;;;;;;;;;;;;;;;;;;;;;;;;;/h6*2H,1H2,(H,4,5);;;;;;;;;;;;;;;;;;;;;;;;;;;;;;;;;;;;;;;;;;;;;;;;;;;;;;;;;;;;;;;;;/q;;;;;;65*+1. The van der Waals surface area contributed by atoms with Crippen molar-refractivity contribution >= 4 is 35.8 Å². The Bertz CT molecular complexity index is 561. The molecule has 0 rings (SSSR count). The van der Waals surface area contributed by atoms with E-state index < -0.39 is 35.8 Å². The third-order valence-electron chi connectivity index (χ3n) is 1.05. The van der Waals surface area contributed by atoms with Crippen LogP contribution < -0.4 is 1920 Å². The smallest absolute Gasteiger partial charge is 0.478 e. The molecule has 0 aromatic rings. The van der Waals surface area contributed by atoms with Gasteiger partial charge >= 0.3 is 1960 Å². The van der Waals surface area contributed by atoms with Crippen molar-refractivity contribution in [2.24, 2.45) is 0 Å². The second-order valence-corrected chi connectivity index (χ2v) is 3.25. The summed E-state index contributed by atoms with van der Waals surface area (Å²) in [6, 6.07) is 0. The van der Waals surface area contributed by atoms with Crippen LogP contribution in [0.25, 0.3) is 0 Å². The maximum absolute atomic E-state index is 9.25. The van der Waals surface area contributed by atoms with E-state index in [-0.39, 0.29) is 1920 Å². The molecule has 0 amide bonds. The normalized spacial score (nSPS) is 2.02. The first-order valence-corrected chi connectivity index (χ1v) is 6.75. The summed E-state index contributed by atoms with van der Waals surface area (Å²) in [6.07, 6.45) is 5.00. The van der Waals surface area contributed by atoms with Gasteiger partial charge in [0.1, 0.15) is 0 Å². The van der Waals surface area contributed by atoms with Gasteiger partial charge in [-0.25, -0.2) is 28.8 Å². The van der Waals surface area contributed by atoms with E-state index in [9.17, 15) is 28.8 Å². The van der Waals surface area contributed by atoms with Gasteiger partial charge in [-0.05, 0) is 0 Å². The van der Waals surface area contributed by atoms with Crippen LogP contribution >= 0.6 is 0 Å². The van der Waals surface area contributed by atoms with Crippen LogP contribution in [0.4, 0.5) is 0 Å². The minimum atomic E-state index is -0.981. The molecule has 0 unspecified atom stereocenters. The summed E-state index contributed by atoms with van der Waals surface area (Å²) in [6.45, 7) is 17.8. The Balaban J connectivity index is -0.000000000928. The zero-order valence-corrected chi connectivity index (χ0v) is 211. The summed E-state index contributed by atoms with van der Waals surface area (Å²) < 4.78 is 0. The van der Waals surface area contributed by atoms with E-state index in [1.54, 1.807) is 0 Å². The summed E-state index contributed by atoms with van der Waals surface area (Å²) in [7, 11) is 0. The number of aliphatic carboxylic acids is 6. The quantitative estimate of drug-likeness (QED) is 0.108.